The van der Waals surface area contributed by atoms with Crippen molar-refractivity contribution in [2.45, 2.75) is 24.9 Å². The number of aliphatic hydroxyl groups is 2. The minimum atomic E-state index is -0.845. The zero-order chi connectivity index (χ0) is 13.6. The minimum Gasteiger partial charge on any atom is -0.394 e. The molecule has 0 aliphatic carbocycles. The Morgan fingerprint density at radius 3 is 2.95 bits per heavy atom. The molecule has 3 atom stereocenters. The van der Waals surface area contributed by atoms with Crippen LogP contribution in [0.25, 0.3) is 11.2 Å². The second-order valence-electron chi connectivity index (χ2n) is 4.39. The maximum atomic E-state index is 11.8. The van der Waals surface area contributed by atoms with Crippen LogP contribution in [0.2, 0.25) is 0 Å². The second-order valence-corrected chi connectivity index (χ2v) is 4.39. The molecule has 2 aromatic heterocycles. The molecule has 1 fully saturated rings. The average molecular weight is 268 g/mol. The van der Waals surface area contributed by atoms with Crippen LogP contribution < -0.4 is 11.4 Å². The maximum absolute atomic E-state index is 11.8. The van der Waals surface area contributed by atoms with E-state index in [1.54, 1.807) is 0 Å². The van der Waals surface area contributed by atoms with Gasteiger partial charge in [0.1, 0.15) is 17.8 Å². The number of ether oxygens (including phenoxy) is 1. The van der Waals surface area contributed by atoms with Crippen LogP contribution in [-0.2, 0) is 4.74 Å². The standard InChI is InChI=1S/C10H12N4O5/c15-3-6-5(16)1-7(19-6)14-2-4-8(13-10(14)18)12-9(17)11-4/h2,5-7,15-16H,1,3H2,(H2,11,12,13,17,18)/t5-,6+,7?/m0/s1. The molecule has 0 saturated carbocycles. The van der Waals surface area contributed by atoms with Crippen LogP contribution in [0.3, 0.4) is 0 Å². The number of aromatic nitrogens is 4. The van der Waals surface area contributed by atoms with E-state index < -0.39 is 29.8 Å². The number of nitrogens with one attached hydrogen (secondary N) is 2. The zero-order valence-electron chi connectivity index (χ0n) is 9.74. The third kappa shape index (κ3) is 1.97. The number of H-pyrrole nitrogens is 2. The minimum absolute atomic E-state index is 0.170. The molecule has 3 heterocycles. The molecule has 0 amide bonds. The Labute approximate surface area is 105 Å². The fourth-order valence-electron chi connectivity index (χ4n) is 2.17. The van der Waals surface area contributed by atoms with E-state index in [1.807, 2.05) is 0 Å². The highest BCUT2D eigenvalue weighted by Gasteiger charge is 2.35. The summed E-state index contributed by atoms with van der Waals surface area (Å²) < 4.78 is 6.55. The zero-order valence-corrected chi connectivity index (χ0v) is 9.74. The maximum Gasteiger partial charge on any atom is 0.351 e. The SMILES string of the molecule is O=c1[nH]c2cn(C3C[C@H](O)[C@@H](CO)O3)c(=O)nc2[nH]1. The predicted molar refractivity (Wildman–Crippen MR) is 62.6 cm³/mol. The van der Waals surface area contributed by atoms with Crippen molar-refractivity contribution in [2.75, 3.05) is 6.61 Å². The van der Waals surface area contributed by atoms with Crippen molar-refractivity contribution >= 4 is 11.2 Å². The average Bonchev–Trinajstić information content (AvgIpc) is 2.89. The molecule has 0 bridgehead atoms. The number of imidazole rings is 1. The van der Waals surface area contributed by atoms with Crippen LogP contribution in [0.4, 0.5) is 0 Å². The number of nitrogens with zero attached hydrogens (tertiary/aromatic N) is 2. The summed E-state index contributed by atoms with van der Waals surface area (Å²) in [4.78, 5) is 31.5. The van der Waals surface area contributed by atoms with E-state index in [-0.39, 0.29) is 18.7 Å². The monoisotopic (exact) mass is 268 g/mol. The molecule has 1 aliphatic heterocycles. The molecule has 19 heavy (non-hydrogen) atoms. The Morgan fingerprint density at radius 1 is 1.47 bits per heavy atom. The van der Waals surface area contributed by atoms with Crippen molar-refractivity contribution in [2.24, 2.45) is 0 Å². The van der Waals surface area contributed by atoms with Gasteiger partial charge >= 0.3 is 11.4 Å². The lowest BCUT2D eigenvalue weighted by Gasteiger charge is -2.13. The van der Waals surface area contributed by atoms with Gasteiger partial charge in [0.05, 0.1) is 12.7 Å². The van der Waals surface area contributed by atoms with Gasteiger partial charge in [0.2, 0.25) is 0 Å². The van der Waals surface area contributed by atoms with Gasteiger partial charge in [-0.15, -0.1) is 0 Å². The molecule has 1 saturated heterocycles. The molecular weight excluding hydrogens is 256 g/mol. The second kappa shape index (κ2) is 4.30. The van der Waals surface area contributed by atoms with E-state index >= 15 is 0 Å². The Hall–Kier alpha value is -1.97. The molecule has 9 heteroatoms. The van der Waals surface area contributed by atoms with E-state index in [4.69, 9.17) is 9.84 Å². The van der Waals surface area contributed by atoms with Crippen molar-refractivity contribution in [3.8, 4) is 0 Å². The quantitative estimate of drug-likeness (QED) is 0.500. The lowest BCUT2D eigenvalue weighted by Crippen LogP contribution is -2.27. The van der Waals surface area contributed by atoms with Gasteiger partial charge in [-0.2, -0.15) is 4.98 Å². The highest BCUT2D eigenvalue weighted by atomic mass is 16.5. The summed E-state index contributed by atoms with van der Waals surface area (Å²) in [5.74, 6) is 0. The first-order valence-corrected chi connectivity index (χ1v) is 5.74. The number of aromatic amines is 2. The highest BCUT2D eigenvalue weighted by Crippen LogP contribution is 2.27. The summed E-state index contributed by atoms with van der Waals surface area (Å²) in [6, 6.07) is 0. The normalized spacial score (nSPS) is 27.2. The molecular formula is C10H12N4O5. The molecule has 9 nitrogen and oxygen atoms in total. The van der Waals surface area contributed by atoms with Crippen molar-refractivity contribution in [1.82, 2.24) is 19.5 Å². The van der Waals surface area contributed by atoms with E-state index in [2.05, 4.69) is 15.0 Å². The van der Waals surface area contributed by atoms with E-state index in [9.17, 15) is 14.7 Å². The van der Waals surface area contributed by atoms with Crippen molar-refractivity contribution in [1.29, 1.82) is 0 Å². The Kier molecular flexibility index (Phi) is 2.73. The Morgan fingerprint density at radius 2 is 2.26 bits per heavy atom. The van der Waals surface area contributed by atoms with Gasteiger partial charge in [0.25, 0.3) is 0 Å². The largest absolute Gasteiger partial charge is 0.394 e. The first kappa shape index (κ1) is 12.1. The predicted octanol–water partition coefficient (Wildman–Crippen LogP) is -1.95. The molecule has 0 radical (unpaired) electrons. The van der Waals surface area contributed by atoms with Gasteiger partial charge in [0, 0.05) is 12.6 Å². The van der Waals surface area contributed by atoms with Gasteiger partial charge in [-0.1, -0.05) is 0 Å². The molecule has 0 spiro atoms. The Balaban J connectivity index is 2.03. The van der Waals surface area contributed by atoms with Crippen LogP contribution in [0.1, 0.15) is 12.6 Å². The van der Waals surface area contributed by atoms with E-state index in [0.29, 0.717) is 5.52 Å². The molecule has 2 aromatic rings. The van der Waals surface area contributed by atoms with Crippen LogP contribution >= 0.6 is 0 Å². The van der Waals surface area contributed by atoms with Crippen LogP contribution in [-0.4, -0.2) is 48.5 Å². The summed E-state index contributed by atoms with van der Waals surface area (Å²) in [6.07, 6.45) is -0.706. The highest BCUT2D eigenvalue weighted by molar-refractivity contribution is 5.67. The number of fused-ring (bicyclic) bond motifs is 1. The first-order valence-electron chi connectivity index (χ1n) is 5.74. The smallest absolute Gasteiger partial charge is 0.351 e. The first-order chi connectivity index (χ1) is 9.08. The van der Waals surface area contributed by atoms with Crippen LogP contribution in [0, 0.1) is 0 Å². The van der Waals surface area contributed by atoms with Crippen molar-refractivity contribution in [3.05, 3.63) is 27.2 Å². The summed E-state index contributed by atoms with van der Waals surface area (Å²) in [6.45, 7) is -0.330. The third-order valence-electron chi connectivity index (χ3n) is 3.13. The summed E-state index contributed by atoms with van der Waals surface area (Å²) in [7, 11) is 0. The van der Waals surface area contributed by atoms with Gasteiger partial charge in [-0.25, -0.2) is 9.59 Å². The number of hydrogen-bond donors (Lipinski definition) is 4. The summed E-state index contributed by atoms with van der Waals surface area (Å²) in [5, 5.41) is 18.6. The number of hydrogen-bond acceptors (Lipinski definition) is 6. The summed E-state index contributed by atoms with van der Waals surface area (Å²) in [5.41, 5.74) is -0.516. The van der Waals surface area contributed by atoms with Crippen molar-refractivity contribution in [3.63, 3.8) is 0 Å². The topological polar surface area (TPSA) is 133 Å². The van der Waals surface area contributed by atoms with Crippen molar-refractivity contribution < 1.29 is 14.9 Å². The molecule has 102 valence electrons. The third-order valence-corrected chi connectivity index (χ3v) is 3.13. The number of rotatable bonds is 2. The molecule has 4 N–H and O–H groups in total. The summed E-state index contributed by atoms with van der Waals surface area (Å²) >= 11 is 0. The molecule has 1 aliphatic rings. The molecule has 3 rings (SSSR count). The van der Waals surface area contributed by atoms with Gasteiger partial charge in [0.15, 0.2) is 5.65 Å². The Bertz CT molecular complexity index is 717. The lowest BCUT2D eigenvalue weighted by molar-refractivity contribution is -0.0457. The van der Waals surface area contributed by atoms with Crippen LogP contribution in [0.15, 0.2) is 15.8 Å². The number of aliphatic hydroxyl groups excluding tert-OH is 2. The van der Waals surface area contributed by atoms with Gasteiger partial charge in [-0.3, -0.25) is 9.55 Å². The van der Waals surface area contributed by atoms with Crippen LogP contribution in [0.5, 0.6) is 0 Å². The van der Waals surface area contributed by atoms with E-state index in [1.165, 1.54) is 10.8 Å². The molecule has 1 unspecified atom stereocenters. The molecule has 0 aromatic carbocycles. The van der Waals surface area contributed by atoms with Gasteiger partial charge in [-0.05, 0) is 0 Å². The lowest BCUT2D eigenvalue weighted by atomic mass is 10.2. The fraction of sp³-hybridized carbons (Fsp3) is 0.500. The van der Waals surface area contributed by atoms with E-state index in [0.717, 1.165) is 0 Å². The fourth-order valence-corrected chi connectivity index (χ4v) is 2.17. The van der Waals surface area contributed by atoms with Gasteiger partial charge < -0.3 is 19.9 Å².